The van der Waals surface area contributed by atoms with E-state index in [0.717, 1.165) is 11.4 Å². The molecule has 0 aliphatic rings. The Kier molecular flexibility index (Phi) is 6.01. The summed E-state index contributed by atoms with van der Waals surface area (Å²) in [5.74, 6) is 1.61. The Morgan fingerprint density at radius 1 is 1.17 bits per heavy atom. The Hall–Kier alpha value is -2.76. The number of nitrogens with zero attached hydrogens (tertiary/aromatic N) is 1. The first-order chi connectivity index (χ1) is 11.5. The third-order valence-corrected chi connectivity index (χ3v) is 3.35. The monoisotopic (exact) mass is 329 g/mol. The van der Waals surface area contributed by atoms with Crippen molar-refractivity contribution in [1.29, 1.82) is 0 Å². The summed E-state index contributed by atoms with van der Waals surface area (Å²) >= 11 is 0. The van der Waals surface area contributed by atoms with E-state index in [1.165, 1.54) is 0 Å². The number of rotatable bonds is 7. The molecule has 1 aromatic heterocycles. The summed E-state index contributed by atoms with van der Waals surface area (Å²) in [6.45, 7) is 4.72. The average Bonchev–Trinajstić information content (AvgIpc) is 2.60. The molecule has 0 aliphatic carbocycles. The fourth-order valence-electron chi connectivity index (χ4n) is 2.05. The van der Waals surface area contributed by atoms with Crippen LogP contribution in [0.5, 0.6) is 11.5 Å². The van der Waals surface area contributed by atoms with Gasteiger partial charge in [0.2, 0.25) is 0 Å². The van der Waals surface area contributed by atoms with Gasteiger partial charge in [0.25, 0.3) is 5.91 Å². The Labute approximate surface area is 142 Å². The number of amides is 1. The van der Waals surface area contributed by atoms with Gasteiger partial charge in [-0.25, -0.2) is 4.98 Å². The van der Waals surface area contributed by atoms with Crippen molar-refractivity contribution < 1.29 is 14.3 Å². The molecule has 0 saturated heterocycles. The van der Waals surface area contributed by atoms with Crippen LogP contribution in [0.2, 0.25) is 0 Å². The van der Waals surface area contributed by atoms with Crippen LogP contribution in [0.3, 0.4) is 0 Å². The summed E-state index contributed by atoms with van der Waals surface area (Å²) in [5.41, 5.74) is 1.94. The largest absolute Gasteiger partial charge is 0.497 e. The van der Waals surface area contributed by atoms with E-state index >= 15 is 0 Å². The predicted octanol–water partition coefficient (Wildman–Crippen LogP) is 3.23. The van der Waals surface area contributed by atoms with Crippen LogP contribution < -0.4 is 20.1 Å². The van der Waals surface area contributed by atoms with Crippen LogP contribution in [0.25, 0.3) is 0 Å². The van der Waals surface area contributed by atoms with Crippen LogP contribution in [0.1, 0.15) is 24.3 Å². The van der Waals surface area contributed by atoms with Crippen LogP contribution in [0.15, 0.2) is 36.5 Å². The molecule has 0 unspecified atom stereocenters. The Morgan fingerprint density at radius 2 is 1.96 bits per heavy atom. The Balaban J connectivity index is 2.08. The average molecular weight is 329 g/mol. The standard InChI is InChI=1S/C18H23N3O3/c1-12(2)10-20-18(22)16-7-5-13(11-19-16)21-15-8-6-14(23-3)9-17(15)24-4/h5-9,11-12,21H,10H2,1-4H3,(H,20,22). The molecule has 0 aliphatic heterocycles. The number of carbonyl (C=O) groups excluding carboxylic acids is 1. The molecular formula is C18H23N3O3. The SMILES string of the molecule is COc1ccc(Nc2ccc(C(=O)NCC(C)C)nc2)c(OC)c1. The minimum absolute atomic E-state index is 0.169. The molecular weight excluding hydrogens is 306 g/mol. The zero-order chi connectivity index (χ0) is 17.5. The second kappa shape index (κ2) is 8.19. The molecule has 24 heavy (non-hydrogen) atoms. The first-order valence-electron chi connectivity index (χ1n) is 7.76. The number of benzene rings is 1. The molecule has 0 saturated carbocycles. The second-order valence-corrected chi connectivity index (χ2v) is 5.73. The Morgan fingerprint density at radius 3 is 2.54 bits per heavy atom. The molecule has 0 fully saturated rings. The van der Waals surface area contributed by atoms with Gasteiger partial charge in [0.15, 0.2) is 0 Å². The van der Waals surface area contributed by atoms with Crippen LogP contribution in [0, 0.1) is 5.92 Å². The van der Waals surface area contributed by atoms with Crippen molar-refractivity contribution in [2.45, 2.75) is 13.8 Å². The highest BCUT2D eigenvalue weighted by Gasteiger charge is 2.09. The van der Waals surface area contributed by atoms with Gasteiger partial charge in [-0.2, -0.15) is 0 Å². The highest BCUT2D eigenvalue weighted by molar-refractivity contribution is 5.92. The summed E-state index contributed by atoms with van der Waals surface area (Å²) in [6, 6.07) is 8.99. The topological polar surface area (TPSA) is 72.5 Å². The molecule has 2 N–H and O–H groups in total. The van der Waals surface area contributed by atoms with E-state index in [9.17, 15) is 4.79 Å². The number of methoxy groups -OCH3 is 2. The molecule has 2 rings (SSSR count). The molecule has 1 amide bonds. The molecule has 1 aromatic carbocycles. The highest BCUT2D eigenvalue weighted by atomic mass is 16.5. The third-order valence-electron chi connectivity index (χ3n) is 3.35. The lowest BCUT2D eigenvalue weighted by molar-refractivity contribution is 0.0944. The zero-order valence-corrected chi connectivity index (χ0v) is 14.4. The minimum atomic E-state index is -0.169. The van der Waals surface area contributed by atoms with Crippen molar-refractivity contribution in [3.63, 3.8) is 0 Å². The summed E-state index contributed by atoms with van der Waals surface area (Å²) in [6.07, 6.45) is 1.62. The fourth-order valence-corrected chi connectivity index (χ4v) is 2.05. The highest BCUT2D eigenvalue weighted by Crippen LogP contribution is 2.31. The third kappa shape index (κ3) is 4.62. The molecule has 0 atom stereocenters. The van der Waals surface area contributed by atoms with Gasteiger partial charge < -0.3 is 20.1 Å². The van der Waals surface area contributed by atoms with E-state index < -0.39 is 0 Å². The first-order valence-corrected chi connectivity index (χ1v) is 7.76. The van der Waals surface area contributed by atoms with E-state index in [1.807, 2.05) is 26.0 Å². The van der Waals surface area contributed by atoms with Gasteiger partial charge in [0, 0.05) is 12.6 Å². The number of ether oxygens (including phenoxy) is 2. The van der Waals surface area contributed by atoms with Gasteiger partial charge in [-0.05, 0) is 30.2 Å². The van der Waals surface area contributed by atoms with Gasteiger partial charge >= 0.3 is 0 Å². The Bertz CT molecular complexity index is 684. The smallest absolute Gasteiger partial charge is 0.269 e. The van der Waals surface area contributed by atoms with Crippen LogP contribution >= 0.6 is 0 Å². The summed E-state index contributed by atoms with van der Waals surface area (Å²) in [4.78, 5) is 16.2. The predicted molar refractivity (Wildman–Crippen MR) is 94.2 cm³/mol. The van der Waals surface area contributed by atoms with Crippen molar-refractivity contribution >= 4 is 17.3 Å². The van der Waals surface area contributed by atoms with E-state index in [0.29, 0.717) is 29.7 Å². The van der Waals surface area contributed by atoms with Crippen LogP contribution in [0.4, 0.5) is 11.4 Å². The maximum Gasteiger partial charge on any atom is 0.269 e. The number of hydrogen-bond donors (Lipinski definition) is 2. The molecule has 0 radical (unpaired) electrons. The van der Waals surface area contributed by atoms with E-state index in [-0.39, 0.29) is 5.91 Å². The van der Waals surface area contributed by atoms with Crippen molar-refractivity contribution in [1.82, 2.24) is 10.3 Å². The molecule has 2 aromatic rings. The number of carbonyl (C=O) groups is 1. The lowest BCUT2D eigenvalue weighted by Crippen LogP contribution is -2.27. The van der Waals surface area contributed by atoms with Crippen molar-refractivity contribution in [2.24, 2.45) is 5.92 Å². The van der Waals surface area contributed by atoms with Gasteiger partial charge in [0.05, 0.1) is 31.8 Å². The van der Waals surface area contributed by atoms with E-state index in [2.05, 4.69) is 15.6 Å². The number of pyridine rings is 1. The normalized spacial score (nSPS) is 10.4. The maximum absolute atomic E-state index is 12.0. The van der Waals surface area contributed by atoms with Gasteiger partial charge in [-0.15, -0.1) is 0 Å². The van der Waals surface area contributed by atoms with Crippen molar-refractivity contribution in [2.75, 3.05) is 26.1 Å². The molecule has 0 spiro atoms. The van der Waals surface area contributed by atoms with Crippen molar-refractivity contribution in [3.05, 3.63) is 42.2 Å². The quantitative estimate of drug-likeness (QED) is 0.816. The summed E-state index contributed by atoms with van der Waals surface area (Å²) < 4.78 is 10.5. The lowest BCUT2D eigenvalue weighted by Gasteiger charge is -2.12. The number of nitrogens with one attached hydrogen (secondary N) is 2. The lowest BCUT2D eigenvalue weighted by atomic mass is 10.2. The van der Waals surface area contributed by atoms with Gasteiger partial charge in [-0.1, -0.05) is 13.8 Å². The molecule has 1 heterocycles. The zero-order valence-electron chi connectivity index (χ0n) is 14.4. The number of aromatic nitrogens is 1. The van der Waals surface area contributed by atoms with Crippen LogP contribution in [-0.4, -0.2) is 31.7 Å². The minimum Gasteiger partial charge on any atom is -0.497 e. The van der Waals surface area contributed by atoms with E-state index in [4.69, 9.17) is 9.47 Å². The maximum atomic E-state index is 12.0. The van der Waals surface area contributed by atoms with E-state index in [1.54, 1.807) is 38.6 Å². The summed E-state index contributed by atoms with van der Waals surface area (Å²) in [7, 11) is 3.20. The summed E-state index contributed by atoms with van der Waals surface area (Å²) in [5, 5.41) is 6.06. The molecule has 128 valence electrons. The second-order valence-electron chi connectivity index (χ2n) is 5.73. The molecule has 6 heteroatoms. The first kappa shape index (κ1) is 17.6. The number of anilines is 2. The molecule has 0 bridgehead atoms. The van der Waals surface area contributed by atoms with Crippen molar-refractivity contribution in [3.8, 4) is 11.5 Å². The fraction of sp³-hybridized carbons (Fsp3) is 0.333. The number of hydrogen-bond acceptors (Lipinski definition) is 5. The van der Waals surface area contributed by atoms with Gasteiger partial charge in [-0.3, -0.25) is 4.79 Å². The van der Waals surface area contributed by atoms with Gasteiger partial charge in [0.1, 0.15) is 17.2 Å². The molecule has 6 nitrogen and oxygen atoms in total. The van der Waals surface area contributed by atoms with Crippen LogP contribution in [-0.2, 0) is 0 Å².